The van der Waals surface area contributed by atoms with E-state index in [9.17, 15) is 4.79 Å². The van der Waals surface area contributed by atoms with Crippen molar-refractivity contribution in [3.8, 4) is 5.75 Å². The van der Waals surface area contributed by atoms with Crippen molar-refractivity contribution < 1.29 is 9.53 Å². The zero-order valence-corrected chi connectivity index (χ0v) is 11.0. The summed E-state index contributed by atoms with van der Waals surface area (Å²) in [6, 6.07) is 7.81. The molecule has 1 amide bonds. The fourth-order valence-corrected chi connectivity index (χ4v) is 2.37. The molecule has 1 atom stereocenters. The third-order valence-electron chi connectivity index (χ3n) is 3.33. The van der Waals surface area contributed by atoms with Gasteiger partial charge in [0.15, 0.2) is 0 Å². The van der Waals surface area contributed by atoms with Crippen LogP contribution in [0.4, 0.5) is 5.95 Å². The zero-order valence-electron chi connectivity index (χ0n) is 11.0. The number of methoxy groups -OCH3 is 1. The molecule has 1 aromatic heterocycles. The quantitative estimate of drug-likeness (QED) is 0.862. The molecule has 2 aromatic rings. The molecule has 0 saturated heterocycles. The zero-order chi connectivity index (χ0) is 14.1. The molecule has 3 N–H and O–H groups in total. The molecule has 20 heavy (non-hydrogen) atoms. The summed E-state index contributed by atoms with van der Waals surface area (Å²) in [5.74, 6) is 0.760. The minimum atomic E-state index is -0.627. The molecular weight excluding hydrogens is 258 g/mol. The monoisotopic (exact) mass is 273 g/mol. The van der Waals surface area contributed by atoms with Gasteiger partial charge in [-0.2, -0.15) is 4.98 Å². The van der Waals surface area contributed by atoms with Crippen LogP contribution in [-0.4, -0.2) is 34.3 Å². The minimum Gasteiger partial charge on any atom is -0.497 e. The van der Waals surface area contributed by atoms with Gasteiger partial charge >= 0.3 is 0 Å². The van der Waals surface area contributed by atoms with Gasteiger partial charge in [0.25, 0.3) is 5.91 Å². The maximum atomic E-state index is 11.2. The summed E-state index contributed by atoms with van der Waals surface area (Å²) < 4.78 is 6.95. The number of carbonyl (C=O) groups is 1. The largest absolute Gasteiger partial charge is 0.497 e. The van der Waals surface area contributed by atoms with E-state index in [0.717, 1.165) is 24.3 Å². The minimum absolute atomic E-state index is 0.0157. The molecular formula is C13H15N5O2. The van der Waals surface area contributed by atoms with Crippen LogP contribution in [0.1, 0.15) is 28.6 Å². The molecule has 104 valence electrons. The highest BCUT2D eigenvalue weighted by atomic mass is 16.5. The Hall–Kier alpha value is -2.57. The maximum Gasteiger partial charge on any atom is 0.288 e. The smallest absolute Gasteiger partial charge is 0.288 e. The van der Waals surface area contributed by atoms with E-state index in [-0.39, 0.29) is 11.9 Å². The Morgan fingerprint density at radius 3 is 3.15 bits per heavy atom. The first-order valence-electron chi connectivity index (χ1n) is 6.33. The van der Waals surface area contributed by atoms with Gasteiger partial charge in [0.2, 0.25) is 11.8 Å². The van der Waals surface area contributed by atoms with Gasteiger partial charge in [-0.3, -0.25) is 4.79 Å². The maximum absolute atomic E-state index is 11.2. The van der Waals surface area contributed by atoms with E-state index in [0.29, 0.717) is 5.95 Å². The highest BCUT2D eigenvalue weighted by Crippen LogP contribution is 2.30. The van der Waals surface area contributed by atoms with E-state index in [1.54, 1.807) is 11.8 Å². The van der Waals surface area contributed by atoms with E-state index in [1.165, 1.54) is 0 Å². The van der Waals surface area contributed by atoms with Crippen LogP contribution in [0.25, 0.3) is 0 Å². The standard InChI is InChI=1S/C13H15N5O2/c1-20-9-4-2-3-8(7-9)10-5-6-15-13-16-12(11(14)19)17-18(10)13/h2-4,7,10H,5-6H2,1H3,(H2,14,19)(H,15,16,17). The van der Waals surface area contributed by atoms with E-state index < -0.39 is 5.91 Å². The highest BCUT2D eigenvalue weighted by Gasteiger charge is 2.25. The second kappa shape index (κ2) is 4.84. The van der Waals surface area contributed by atoms with E-state index in [4.69, 9.17) is 10.5 Å². The number of nitrogens with one attached hydrogen (secondary N) is 1. The van der Waals surface area contributed by atoms with E-state index in [1.807, 2.05) is 24.3 Å². The predicted octanol–water partition coefficient (Wildman–Crippen LogP) is 0.791. The molecule has 3 rings (SSSR count). The lowest BCUT2D eigenvalue weighted by atomic mass is 10.0. The topological polar surface area (TPSA) is 95.1 Å². The first kappa shape index (κ1) is 12.5. The van der Waals surface area contributed by atoms with Gasteiger partial charge in [-0.05, 0) is 24.1 Å². The summed E-state index contributed by atoms with van der Waals surface area (Å²) in [6.45, 7) is 0.763. The molecule has 0 spiro atoms. The molecule has 2 heterocycles. The SMILES string of the molecule is COc1cccc(C2CCNc3nc(C(N)=O)nn32)c1. The van der Waals surface area contributed by atoms with Crippen LogP contribution >= 0.6 is 0 Å². The Kier molecular flexibility index (Phi) is 3.02. The van der Waals surface area contributed by atoms with Gasteiger partial charge in [-0.25, -0.2) is 4.68 Å². The molecule has 0 aliphatic carbocycles. The number of primary amides is 1. The van der Waals surface area contributed by atoms with Crippen LogP contribution < -0.4 is 15.8 Å². The first-order chi connectivity index (χ1) is 9.69. The molecule has 7 heteroatoms. The predicted molar refractivity (Wildman–Crippen MR) is 72.8 cm³/mol. The normalized spacial score (nSPS) is 17.1. The van der Waals surface area contributed by atoms with Gasteiger partial charge in [-0.15, -0.1) is 5.10 Å². The summed E-state index contributed by atoms with van der Waals surface area (Å²) in [7, 11) is 1.63. The van der Waals surface area contributed by atoms with Crippen LogP contribution in [0.2, 0.25) is 0 Å². The lowest BCUT2D eigenvalue weighted by Crippen LogP contribution is -2.24. The van der Waals surface area contributed by atoms with Gasteiger partial charge in [0, 0.05) is 6.54 Å². The number of nitrogens with zero attached hydrogens (tertiary/aromatic N) is 3. The molecule has 1 aromatic carbocycles. The van der Waals surface area contributed by atoms with Crippen LogP contribution in [0, 0.1) is 0 Å². The Balaban J connectivity index is 2.02. The fraction of sp³-hybridized carbons (Fsp3) is 0.308. The summed E-state index contributed by atoms with van der Waals surface area (Å²) in [5.41, 5.74) is 6.29. The molecule has 0 saturated carbocycles. The Bertz CT molecular complexity index is 652. The number of aromatic nitrogens is 3. The third-order valence-corrected chi connectivity index (χ3v) is 3.33. The summed E-state index contributed by atoms with van der Waals surface area (Å²) in [6.07, 6.45) is 0.849. The summed E-state index contributed by atoms with van der Waals surface area (Å²) in [5, 5.41) is 7.31. The number of amides is 1. The van der Waals surface area contributed by atoms with Crippen molar-refractivity contribution in [1.29, 1.82) is 0 Å². The second-order valence-corrected chi connectivity index (χ2v) is 4.58. The number of hydrogen-bond acceptors (Lipinski definition) is 5. The number of nitrogens with two attached hydrogens (primary N) is 1. The summed E-state index contributed by atoms with van der Waals surface area (Å²) in [4.78, 5) is 15.3. The fourth-order valence-electron chi connectivity index (χ4n) is 2.37. The number of ether oxygens (including phenoxy) is 1. The average molecular weight is 273 g/mol. The lowest BCUT2D eigenvalue weighted by molar-refractivity contribution is 0.0990. The van der Waals surface area contributed by atoms with Crippen molar-refractivity contribution in [3.05, 3.63) is 35.7 Å². The van der Waals surface area contributed by atoms with E-state index >= 15 is 0 Å². The Morgan fingerprint density at radius 1 is 1.55 bits per heavy atom. The highest BCUT2D eigenvalue weighted by molar-refractivity contribution is 5.89. The number of hydrogen-bond donors (Lipinski definition) is 2. The van der Waals surface area contributed by atoms with Crippen molar-refractivity contribution in [2.75, 3.05) is 19.0 Å². The number of anilines is 1. The van der Waals surface area contributed by atoms with Gasteiger partial charge in [-0.1, -0.05) is 12.1 Å². The van der Waals surface area contributed by atoms with Crippen LogP contribution in [0.5, 0.6) is 5.75 Å². The Labute approximate surface area is 115 Å². The van der Waals surface area contributed by atoms with Crippen molar-refractivity contribution in [3.63, 3.8) is 0 Å². The Morgan fingerprint density at radius 2 is 2.40 bits per heavy atom. The number of carbonyl (C=O) groups excluding carboxylic acids is 1. The molecule has 1 aliphatic rings. The number of fused-ring (bicyclic) bond motifs is 1. The molecule has 0 bridgehead atoms. The van der Waals surface area contributed by atoms with Crippen LogP contribution in [0.3, 0.4) is 0 Å². The van der Waals surface area contributed by atoms with Gasteiger partial charge in [0.1, 0.15) is 5.75 Å². The molecule has 1 unspecified atom stereocenters. The number of rotatable bonds is 3. The summed E-state index contributed by atoms with van der Waals surface area (Å²) >= 11 is 0. The second-order valence-electron chi connectivity index (χ2n) is 4.58. The van der Waals surface area contributed by atoms with Crippen LogP contribution in [0.15, 0.2) is 24.3 Å². The molecule has 0 radical (unpaired) electrons. The molecule has 7 nitrogen and oxygen atoms in total. The van der Waals surface area contributed by atoms with Crippen molar-refractivity contribution in [2.24, 2.45) is 5.73 Å². The van der Waals surface area contributed by atoms with Gasteiger partial charge < -0.3 is 15.8 Å². The van der Waals surface area contributed by atoms with Crippen molar-refractivity contribution in [2.45, 2.75) is 12.5 Å². The van der Waals surface area contributed by atoms with Crippen LogP contribution in [-0.2, 0) is 0 Å². The first-order valence-corrected chi connectivity index (χ1v) is 6.33. The van der Waals surface area contributed by atoms with Crippen molar-refractivity contribution in [1.82, 2.24) is 14.8 Å². The van der Waals surface area contributed by atoms with E-state index in [2.05, 4.69) is 15.4 Å². The van der Waals surface area contributed by atoms with Crippen molar-refractivity contribution >= 4 is 11.9 Å². The average Bonchev–Trinajstić information content (AvgIpc) is 2.91. The van der Waals surface area contributed by atoms with Gasteiger partial charge in [0.05, 0.1) is 13.2 Å². The third kappa shape index (κ3) is 2.07. The molecule has 0 fully saturated rings. The number of benzene rings is 1. The molecule has 1 aliphatic heterocycles. The lowest BCUT2D eigenvalue weighted by Gasteiger charge is -2.24.